The highest BCUT2D eigenvalue weighted by Crippen LogP contribution is 2.49. The van der Waals surface area contributed by atoms with Crippen molar-refractivity contribution in [1.29, 1.82) is 0 Å². The maximum atomic E-state index is 12.8. The lowest BCUT2D eigenvalue weighted by atomic mass is 9.83. The van der Waals surface area contributed by atoms with Crippen LogP contribution in [0.2, 0.25) is 0 Å². The van der Waals surface area contributed by atoms with Crippen molar-refractivity contribution in [3.63, 3.8) is 0 Å². The van der Waals surface area contributed by atoms with Crippen LogP contribution in [0.15, 0.2) is 11.6 Å². The van der Waals surface area contributed by atoms with Crippen molar-refractivity contribution in [1.82, 2.24) is 4.90 Å². The summed E-state index contributed by atoms with van der Waals surface area (Å²) in [5.74, 6) is 2.70. The van der Waals surface area contributed by atoms with Gasteiger partial charge in [0, 0.05) is 18.7 Å². The lowest BCUT2D eigenvalue weighted by molar-refractivity contribution is -0.128. The van der Waals surface area contributed by atoms with Gasteiger partial charge in [-0.2, -0.15) is 0 Å². The summed E-state index contributed by atoms with van der Waals surface area (Å²) in [7, 11) is 0. The lowest BCUT2D eigenvalue weighted by Gasteiger charge is -2.33. The monoisotopic (exact) mass is 287 g/mol. The van der Waals surface area contributed by atoms with Gasteiger partial charge in [-0.25, -0.2) is 0 Å². The summed E-state index contributed by atoms with van der Waals surface area (Å²) in [6, 6.07) is 0.564. The van der Waals surface area contributed by atoms with Crippen molar-refractivity contribution in [3.8, 4) is 0 Å². The largest absolute Gasteiger partial charge is 0.336 e. The van der Waals surface area contributed by atoms with Gasteiger partial charge in [0.1, 0.15) is 0 Å². The van der Waals surface area contributed by atoms with Crippen LogP contribution in [0, 0.1) is 17.8 Å². The fourth-order valence-corrected chi connectivity index (χ4v) is 4.70. The quantitative estimate of drug-likeness (QED) is 0.706. The first kappa shape index (κ1) is 13.8. The molecule has 116 valence electrons. The Bertz CT molecular complexity index is 413. The lowest BCUT2D eigenvalue weighted by Crippen LogP contribution is -2.40. The molecule has 0 aromatic rings. The number of hydrogen-bond acceptors (Lipinski definition) is 1. The SMILES string of the molecule is O=C(C=C(C1CC1)C1CC1)N1CCC[C@@H]1C1CCCCC1. The van der Waals surface area contributed by atoms with Crippen LogP contribution < -0.4 is 0 Å². The Labute approximate surface area is 129 Å². The average Bonchev–Trinajstić information content (AvgIpc) is 3.44. The summed E-state index contributed by atoms with van der Waals surface area (Å²) in [6.45, 7) is 1.01. The molecular formula is C19H29NO. The fraction of sp³-hybridized carbons (Fsp3) is 0.842. The highest BCUT2D eigenvalue weighted by atomic mass is 16.2. The molecule has 0 N–H and O–H groups in total. The van der Waals surface area contributed by atoms with Crippen LogP contribution in [0.4, 0.5) is 0 Å². The summed E-state index contributed by atoms with van der Waals surface area (Å²) in [4.78, 5) is 15.1. The molecule has 2 nitrogen and oxygen atoms in total. The first-order valence-corrected chi connectivity index (χ1v) is 9.35. The van der Waals surface area contributed by atoms with Gasteiger partial charge in [0.05, 0.1) is 0 Å². The van der Waals surface area contributed by atoms with Crippen LogP contribution >= 0.6 is 0 Å². The molecule has 0 aromatic carbocycles. The Morgan fingerprint density at radius 1 is 0.810 bits per heavy atom. The van der Waals surface area contributed by atoms with Crippen molar-refractivity contribution < 1.29 is 4.79 Å². The second-order valence-electron chi connectivity index (χ2n) is 7.83. The number of nitrogens with zero attached hydrogens (tertiary/aromatic N) is 1. The van der Waals surface area contributed by atoms with Gasteiger partial charge in [-0.15, -0.1) is 0 Å². The third kappa shape index (κ3) is 3.05. The summed E-state index contributed by atoms with van der Waals surface area (Å²) in [5, 5.41) is 0. The maximum absolute atomic E-state index is 12.8. The molecule has 0 bridgehead atoms. The Morgan fingerprint density at radius 2 is 1.48 bits per heavy atom. The van der Waals surface area contributed by atoms with Gasteiger partial charge in [0.2, 0.25) is 5.91 Å². The Kier molecular flexibility index (Phi) is 3.81. The van der Waals surface area contributed by atoms with Crippen LogP contribution in [-0.2, 0) is 4.79 Å². The van der Waals surface area contributed by atoms with E-state index in [1.54, 1.807) is 0 Å². The Hall–Kier alpha value is -0.790. The molecule has 0 radical (unpaired) electrons. The minimum Gasteiger partial charge on any atom is -0.336 e. The minimum atomic E-state index is 0.358. The Morgan fingerprint density at radius 3 is 2.10 bits per heavy atom. The highest BCUT2D eigenvalue weighted by Gasteiger charge is 2.39. The van der Waals surface area contributed by atoms with Crippen molar-refractivity contribution >= 4 is 5.91 Å². The van der Waals surface area contributed by atoms with Crippen LogP contribution in [0.1, 0.15) is 70.6 Å². The van der Waals surface area contributed by atoms with Crippen LogP contribution in [0.3, 0.4) is 0 Å². The molecule has 3 saturated carbocycles. The molecule has 4 fully saturated rings. The molecule has 1 aliphatic heterocycles. The zero-order valence-electron chi connectivity index (χ0n) is 13.2. The van der Waals surface area contributed by atoms with E-state index in [4.69, 9.17) is 0 Å². The van der Waals surface area contributed by atoms with E-state index in [9.17, 15) is 4.79 Å². The number of allylic oxidation sites excluding steroid dienone is 1. The molecular weight excluding hydrogens is 258 g/mol. The first-order chi connectivity index (χ1) is 10.3. The van der Waals surface area contributed by atoms with Crippen molar-refractivity contribution in [3.05, 3.63) is 11.6 Å². The summed E-state index contributed by atoms with van der Waals surface area (Å²) >= 11 is 0. The zero-order valence-corrected chi connectivity index (χ0v) is 13.2. The van der Waals surface area contributed by atoms with Crippen LogP contribution in [0.25, 0.3) is 0 Å². The average molecular weight is 287 g/mol. The molecule has 2 heteroatoms. The van der Waals surface area contributed by atoms with E-state index in [2.05, 4.69) is 11.0 Å². The summed E-state index contributed by atoms with van der Waals surface area (Å²) in [5.41, 5.74) is 1.52. The normalized spacial score (nSPS) is 30.5. The van der Waals surface area contributed by atoms with Crippen molar-refractivity contribution in [2.24, 2.45) is 17.8 Å². The van der Waals surface area contributed by atoms with Crippen molar-refractivity contribution in [2.45, 2.75) is 76.7 Å². The molecule has 4 rings (SSSR count). The van der Waals surface area contributed by atoms with E-state index >= 15 is 0 Å². The fourth-order valence-electron chi connectivity index (χ4n) is 4.70. The van der Waals surface area contributed by atoms with E-state index in [1.165, 1.54) is 76.2 Å². The van der Waals surface area contributed by atoms with Gasteiger partial charge in [-0.1, -0.05) is 24.8 Å². The van der Waals surface area contributed by atoms with E-state index in [0.717, 1.165) is 24.3 Å². The van der Waals surface area contributed by atoms with E-state index < -0.39 is 0 Å². The smallest absolute Gasteiger partial charge is 0.246 e. The zero-order chi connectivity index (χ0) is 14.2. The number of carbonyl (C=O) groups excluding carboxylic acids is 1. The third-order valence-electron chi connectivity index (χ3n) is 6.16. The molecule has 21 heavy (non-hydrogen) atoms. The number of carbonyl (C=O) groups is 1. The van der Waals surface area contributed by atoms with Crippen LogP contribution in [0.5, 0.6) is 0 Å². The van der Waals surface area contributed by atoms with Gasteiger partial charge >= 0.3 is 0 Å². The third-order valence-corrected chi connectivity index (χ3v) is 6.16. The molecule has 1 saturated heterocycles. The minimum absolute atomic E-state index is 0.358. The predicted octanol–water partition coefficient (Wildman–Crippen LogP) is 4.30. The molecule has 0 spiro atoms. The van der Waals surface area contributed by atoms with Gasteiger partial charge in [-0.3, -0.25) is 4.79 Å². The van der Waals surface area contributed by atoms with Gasteiger partial charge in [0.25, 0.3) is 0 Å². The Balaban J connectivity index is 1.45. The number of hydrogen-bond donors (Lipinski definition) is 0. The highest BCUT2D eigenvalue weighted by molar-refractivity contribution is 5.89. The topological polar surface area (TPSA) is 20.3 Å². The van der Waals surface area contributed by atoms with Gasteiger partial charge in [0.15, 0.2) is 0 Å². The van der Waals surface area contributed by atoms with Gasteiger partial charge in [-0.05, 0) is 69.1 Å². The second kappa shape index (κ2) is 5.78. The van der Waals surface area contributed by atoms with E-state index in [1.807, 2.05) is 0 Å². The number of likely N-dealkylation sites (tertiary alicyclic amines) is 1. The molecule has 1 heterocycles. The van der Waals surface area contributed by atoms with Crippen LogP contribution in [-0.4, -0.2) is 23.4 Å². The first-order valence-electron chi connectivity index (χ1n) is 9.35. The molecule has 0 aromatic heterocycles. The number of rotatable bonds is 4. The van der Waals surface area contributed by atoms with E-state index in [0.29, 0.717) is 11.9 Å². The molecule has 3 aliphatic carbocycles. The second-order valence-corrected chi connectivity index (χ2v) is 7.83. The predicted molar refractivity (Wildman–Crippen MR) is 84.8 cm³/mol. The molecule has 0 unspecified atom stereocenters. The maximum Gasteiger partial charge on any atom is 0.246 e. The van der Waals surface area contributed by atoms with Gasteiger partial charge < -0.3 is 4.90 Å². The summed E-state index contributed by atoms with van der Waals surface area (Å²) < 4.78 is 0. The number of amides is 1. The standard InChI is InChI=1S/C19H29NO/c21-19(13-17(14-8-9-14)15-10-11-15)20-12-4-7-18(20)16-5-2-1-3-6-16/h13-16,18H,1-12H2/t18-/m1/s1. The summed E-state index contributed by atoms with van der Waals surface area (Å²) in [6.07, 6.45) is 16.8. The molecule has 4 aliphatic rings. The van der Waals surface area contributed by atoms with Crippen molar-refractivity contribution in [2.75, 3.05) is 6.54 Å². The molecule has 1 amide bonds. The van der Waals surface area contributed by atoms with E-state index in [-0.39, 0.29) is 0 Å². The molecule has 1 atom stereocenters.